The Hall–Kier alpha value is -2.85. The van der Waals surface area contributed by atoms with Gasteiger partial charge in [0.25, 0.3) is 5.69 Å². The van der Waals surface area contributed by atoms with Crippen LogP contribution in [0.2, 0.25) is 0 Å². The SMILES string of the molecule is C[C@H](C(=O)Nc1nc2ccccc2s1)S(=O)(=O)c1ccc([N+](=O)[O-])cc1. The third kappa shape index (κ3) is 3.41. The molecule has 1 heterocycles. The lowest BCUT2D eigenvalue weighted by atomic mass is 10.3. The Morgan fingerprint density at radius 2 is 1.85 bits per heavy atom. The van der Waals surface area contributed by atoms with Gasteiger partial charge < -0.3 is 5.32 Å². The van der Waals surface area contributed by atoms with Crippen molar-refractivity contribution in [3.63, 3.8) is 0 Å². The third-order valence-electron chi connectivity index (χ3n) is 3.73. The summed E-state index contributed by atoms with van der Waals surface area (Å²) in [6.07, 6.45) is 0. The summed E-state index contributed by atoms with van der Waals surface area (Å²) >= 11 is 1.24. The monoisotopic (exact) mass is 391 g/mol. The first-order valence-corrected chi connectivity index (χ1v) is 9.80. The van der Waals surface area contributed by atoms with Gasteiger partial charge in [-0.1, -0.05) is 23.5 Å². The Kier molecular flexibility index (Phi) is 4.70. The number of nitrogens with one attached hydrogen (secondary N) is 1. The molecule has 0 aliphatic heterocycles. The van der Waals surface area contributed by atoms with Crippen LogP contribution in [0.3, 0.4) is 0 Å². The second kappa shape index (κ2) is 6.81. The first-order valence-electron chi connectivity index (χ1n) is 7.44. The highest BCUT2D eigenvalue weighted by Gasteiger charge is 2.30. The standard InChI is InChI=1S/C16H13N3O5S2/c1-10(26(23,24)12-8-6-11(7-9-12)19(21)22)15(20)18-16-17-13-4-2-3-5-14(13)25-16/h2-10H,1H3,(H,17,18,20)/t10-/m1/s1. The molecule has 0 saturated carbocycles. The summed E-state index contributed by atoms with van der Waals surface area (Å²) in [5.41, 5.74) is 0.481. The van der Waals surface area contributed by atoms with Crippen LogP contribution < -0.4 is 5.32 Å². The van der Waals surface area contributed by atoms with Gasteiger partial charge in [-0.3, -0.25) is 14.9 Å². The summed E-state index contributed by atoms with van der Waals surface area (Å²) in [6, 6.07) is 11.7. The fraction of sp³-hybridized carbons (Fsp3) is 0.125. The van der Waals surface area contributed by atoms with Gasteiger partial charge in [0, 0.05) is 12.1 Å². The number of non-ortho nitro benzene ring substituents is 1. The molecule has 0 radical (unpaired) electrons. The van der Waals surface area contributed by atoms with Crippen molar-refractivity contribution in [3.05, 3.63) is 58.6 Å². The van der Waals surface area contributed by atoms with E-state index < -0.39 is 25.9 Å². The zero-order chi connectivity index (χ0) is 18.9. The summed E-state index contributed by atoms with van der Waals surface area (Å²) < 4.78 is 26.0. The van der Waals surface area contributed by atoms with E-state index >= 15 is 0 Å². The predicted octanol–water partition coefficient (Wildman–Crippen LogP) is 3.01. The average molecular weight is 391 g/mol. The van der Waals surface area contributed by atoms with Gasteiger partial charge in [0.05, 0.1) is 20.0 Å². The van der Waals surface area contributed by atoms with E-state index in [0.29, 0.717) is 10.6 Å². The Morgan fingerprint density at radius 1 is 1.19 bits per heavy atom. The van der Waals surface area contributed by atoms with E-state index in [0.717, 1.165) is 29.0 Å². The normalized spacial score (nSPS) is 12.7. The Bertz CT molecular complexity index is 1060. The lowest BCUT2D eigenvalue weighted by Gasteiger charge is -2.12. The minimum Gasteiger partial charge on any atom is -0.301 e. The van der Waals surface area contributed by atoms with Crippen molar-refractivity contribution in [2.45, 2.75) is 17.1 Å². The summed E-state index contributed by atoms with van der Waals surface area (Å²) in [5.74, 6) is -0.720. The molecule has 0 bridgehead atoms. The van der Waals surface area contributed by atoms with Gasteiger partial charge in [-0.25, -0.2) is 13.4 Å². The van der Waals surface area contributed by atoms with E-state index in [1.54, 1.807) is 6.07 Å². The number of carbonyl (C=O) groups is 1. The Balaban J connectivity index is 1.80. The number of hydrogen-bond donors (Lipinski definition) is 1. The number of nitrogens with zero attached hydrogens (tertiary/aromatic N) is 2. The third-order valence-corrected chi connectivity index (χ3v) is 6.76. The highest BCUT2D eigenvalue weighted by Crippen LogP contribution is 2.26. The van der Waals surface area contributed by atoms with Crippen molar-refractivity contribution < 1.29 is 18.1 Å². The van der Waals surface area contributed by atoms with Crippen molar-refractivity contribution in [3.8, 4) is 0 Å². The highest BCUT2D eigenvalue weighted by molar-refractivity contribution is 7.92. The number of thiazole rings is 1. The van der Waals surface area contributed by atoms with Crippen LogP contribution in [0.25, 0.3) is 10.2 Å². The number of anilines is 1. The quantitative estimate of drug-likeness (QED) is 0.527. The lowest BCUT2D eigenvalue weighted by molar-refractivity contribution is -0.384. The molecule has 0 spiro atoms. The number of para-hydroxylation sites is 1. The van der Waals surface area contributed by atoms with E-state index in [4.69, 9.17) is 0 Å². The van der Waals surface area contributed by atoms with E-state index in [-0.39, 0.29) is 10.6 Å². The zero-order valence-electron chi connectivity index (χ0n) is 13.4. The number of amides is 1. The fourth-order valence-electron chi connectivity index (χ4n) is 2.24. The first-order chi connectivity index (χ1) is 12.3. The molecule has 1 N–H and O–H groups in total. The van der Waals surface area contributed by atoms with Crippen LogP contribution in [0.15, 0.2) is 53.4 Å². The summed E-state index contributed by atoms with van der Waals surface area (Å²) in [4.78, 5) is 26.5. The molecule has 8 nitrogen and oxygen atoms in total. The predicted molar refractivity (Wildman–Crippen MR) is 98.0 cm³/mol. The Morgan fingerprint density at radius 3 is 2.46 bits per heavy atom. The zero-order valence-corrected chi connectivity index (χ0v) is 15.1. The molecule has 0 aliphatic rings. The number of benzene rings is 2. The van der Waals surface area contributed by atoms with Gasteiger partial charge in [-0.15, -0.1) is 0 Å². The molecule has 3 aromatic rings. The summed E-state index contributed by atoms with van der Waals surface area (Å²) in [6.45, 7) is 1.26. The van der Waals surface area contributed by atoms with Gasteiger partial charge in [0.1, 0.15) is 5.25 Å². The molecule has 0 unspecified atom stereocenters. The van der Waals surface area contributed by atoms with Crippen LogP contribution in [-0.4, -0.2) is 29.5 Å². The van der Waals surface area contributed by atoms with Crippen molar-refractivity contribution >= 4 is 48.1 Å². The maximum absolute atomic E-state index is 12.6. The molecule has 10 heteroatoms. The van der Waals surface area contributed by atoms with Gasteiger partial charge in [-0.2, -0.15) is 0 Å². The molecule has 2 aromatic carbocycles. The molecule has 1 atom stereocenters. The minimum absolute atomic E-state index is 0.157. The number of nitro benzene ring substituents is 1. The number of carbonyl (C=O) groups excluding carboxylic acids is 1. The highest BCUT2D eigenvalue weighted by atomic mass is 32.2. The molecule has 0 fully saturated rings. The summed E-state index contributed by atoms with van der Waals surface area (Å²) in [5, 5.41) is 12.1. The van der Waals surface area contributed by atoms with Gasteiger partial charge >= 0.3 is 0 Å². The van der Waals surface area contributed by atoms with E-state index in [9.17, 15) is 23.3 Å². The number of aromatic nitrogens is 1. The topological polar surface area (TPSA) is 119 Å². The van der Waals surface area contributed by atoms with E-state index in [2.05, 4.69) is 10.3 Å². The maximum Gasteiger partial charge on any atom is 0.269 e. The number of fused-ring (bicyclic) bond motifs is 1. The Labute approximate surface area is 152 Å². The number of sulfone groups is 1. The molecule has 26 heavy (non-hydrogen) atoms. The van der Waals surface area contributed by atoms with Crippen LogP contribution in [0.1, 0.15) is 6.92 Å². The molecular weight excluding hydrogens is 378 g/mol. The first kappa shape index (κ1) is 18.0. The van der Waals surface area contributed by atoms with Crippen molar-refractivity contribution in [1.82, 2.24) is 4.98 Å². The summed E-state index contributed by atoms with van der Waals surface area (Å²) in [7, 11) is -3.99. The van der Waals surface area contributed by atoms with Crippen LogP contribution in [0.4, 0.5) is 10.8 Å². The van der Waals surface area contributed by atoms with Gasteiger partial charge in [-0.05, 0) is 31.2 Å². The molecule has 0 saturated heterocycles. The van der Waals surface area contributed by atoms with Crippen molar-refractivity contribution in [2.75, 3.05) is 5.32 Å². The molecule has 3 rings (SSSR count). The van der Waals surface area contributed by atoms with Crippen LogP contribution in [0, 0.1) is 10.1 Å². The van der Waals surface area contributed by atoms with Crippen LogP contribution >= 0.6 is 11.3 Å². The van der Waals surface area contributed by atoms with Crippen molar-refractivity contribution in [2.24, 2.45) is 0 Å². The largest absolute Gasteiger partial charge is 0.301 e. The molecule has 1 aromatic heterocycles. The average Bonchev–Trinajstić information content (AvgIpc) is 3.03. The second-order valence-electron chi connectivity index (χ2n) is 5.41. The van der Waals surface area contributed by atoms with Gasteiger partial charge in [0.2, 0.25) is 5.91 Å². The van der Waals surface area contributed by atoms with Gasteiger partial charge in [0.15, 0.2) is 15.0 Å². The molecular formula is C16H13N3O5S2. The number of rotatable bonds is 5. The van der Waals surface area contributed by atoms with Crippen molar-refractivity contribution in [1.29, 1.82) is 0 Å². The second-order valence-corrected chi connectivity index (χ2v) is 8.71. The molecule has 0 aliphatic carbocycles. The van der Waals surface area contributed by atoms with Crippen LogP contribution in [0.5, 0.6) is 0 Å². The lowest BCUT2D eigenvalue weighted by Crippen LogP contribution is -2.32. The van der Waals surface area contributed by atoms with E-state index in [1.807, 2.05) is 18.2 Å². The molecule has 1 amide bonds. The fourth-order valence-corrected chi connectivity index (χ4v) is 4.37. The molecule has 134 valence electrons. The maximum atomic E-state index is 12.6. The van der Waals surface area contributed by atoms with E-state index in [1.165, 1.54) is 18.3 Å². The minimum atomic E-state index is -3.99. The smallest absolute Gasteiger partial charge is 0.269 e. The number of nitro groups is 1. The van der Waals surface area contributed by atoms with Crippen LogP contribution in [-0.2, 0) is 14.6 Å². The number of hydrogen-bond acceptors (Lipinski definition) is 7.